The molecular formula is C22H23ClN4O3S. The van der Waals surface area contributed by atoms with Crippen LogP contribution in [0.5, 0.6) is 0 Å². The summed E-state index contributed by atoms with van der Waals surface area (Å²) in [5, 5.41) is 2.69. The Morgan fingerprint density at radius 1 is 1.03 bits per heavy atom. The molecule has 0 aliphatic rings. The third kappa shape index (κ3) is 5.88. The van der Waals surface area contributed by atoms with Gasteiger partial charge in [0.25, 0.3) is 5.91 Å². The molecule has 0 bridgehead atoms. The number of halogens is 1. The first-order valence-electron chi connectivity index (χ1n) is 9.53. The maximum atomic E-state index is 12.7. The van der Waals surface area contributed by atoms with Crippen molar-refractivity contribution in [2.75, 3.05) is 5.32 Å². The predicted octanol–water partition coefficient (Wildman–Crippen LogP) is 4.16. The molecule has 0 spiro atoms. The number of carbonyl (C=O) groups is 1. The molecule has 2 N–H and O–H groups in total. The third-order valence-corrected chi connectivity index (χ3v) is 6.26. The van der Waals surface area contributed by atoms with Gasteiger partial charge in [0.05, 0.1) is 23.1 Å². The molecule has 3 rings (SSSR count). The van der Waals surface area contributed by atoms with E-state index in [0.717, 1.165) is 5.56 Å². The summed E-state index contributed by atoms with van der Waals surface area (Å²) in [4.78, 5) is 21.0. The quantitative estimate of drug-likeness (QED) is 0.577. The van der Waals surface area contributed by atoms with Crippen LogP contribution in [0.3, 0.4) is 0 Å². The Bertz CT molecular complexity index is 1180. The Morgan fingerprint density at radius 3 is 2.29 bits per heavy atom. The number of hydrogen-bond acceptors (Lipinski definition) is 5. The smallest absolute Gasteiger partial charge is 0.255 e. The van der Waals surface area contributed by atoms with Gasteiger partial charge in [-0.15, -0.1) is 0 Å². The van der Waals surface area contributed by atoms with Crippen LogP contribution in [-0.2, 0) is 22.0 Å². The van der Waals surface area contributed by atoms with Crippen molar-refractivity contribution in [3.8, 4) is 0 Å². The zero-order valence-electron chi connectivity index (χ0n) is 17.4. The van der Waals surface area contributed by atoms with E-state index >= 15 is 0 Å². The molecule has 0 saturated carbocycles. The van der Waals surface area contributed by atoms with E-state index < -0.39 is 15.9 Å². The number of hydrogen-bond donors (Lipinski definition) is 2. The van der Waals surface area contributed by atoms with E-state index in [-0.39, 0.29) is 27.4 Å². The second kappa shape index (κ2) is 9.13. The molecule has 2 aromatic carbocycles. The van der Waals surface area contributed by atoms with Crippen molar-refractivity contribution in [2.24, 2.45) is 0 Å². The molecule has 0 radical (unpaired) electrons. The Balaban J connectivity index is 1.77. The highest BCUT2D eigenvalue weighted by molar-refractivity contribution is 7.89. The molecule has 1 amide bonds. The minimum atomic E-state index is -3.93. The fourth-order valence-corrected chi connectivity index (χ4v) is 4.23. The molecule has 0 unspecified atom stereocenters. The fraction of sp³-hybridized carbons (Fsp3) is 0.227. The Hall–Kier alpha value is -2.81. The highest BCUT2D eigenvalue weighted by Crippen LogP contribution is 2.24. The summed E-state index contributed by atoms with van der Waals surface area (Å²) in [7, 11) is -3.93. The predicted molar refractivity (Wildman–Crippen MR) is 121 cm³/mol. The van der Waals surface area contributed by atoms with Crippen molar-refractivity contribution >= 4 is 33.2 Å². The summed E-state index contributed by atoms with van der Waals surface area (Å²) in [6, 6.07) is 13.2. The largest absolute Gasteiger partial charge is 0.319 e. The van der Waals surface area contributed by atoms with Gasteiger partial charge in [0, 0.05) is 17.5 Å². The van der Waals surface area contributed by atoms with Gasteiger partial charge in [0.1, 0.15) is 10.7 Å². The van der Waals surface area contributed by atoms with Crippen molar-refractivity contribution in [1.29, 1.82) is 0 Å². The summed E-state index contributed by atoms with van der Waals surface area (Å²) >= 11 is 6.12. The summed E-state index contributed by atoms with van der Waals surface area (Å²) in [5.74, 6) is 0.151. The number of nitrogens with zero attached hydrogens (tertiary/aromatic N) is 2. The fourth-order valence-electron chi connectivity index (χ4n) is 2.69. The van der Waals surface area contributed by atoms with Crippen LogP contribution in [0.1, 0.15) is 42.5 Å². The summed E-state index contributed by atoms with van der Waals surface area (Å²) < 4.78 is 28.0. The molecule has 31 heavy (non-hydrogen) atoms. The number of nitrogens with one attached hydrogen (secondary N) is 2. The topological polar surface area (TPSA) is 101 Å². The monoisotopic (exact) mass is 458 g/mol. The summed E-state index contributed by atoms with van der Waals surface area (Å²) in [6.45, 7) is 6.07. The molecule has 0 aliphatic heterocycles. The molecule has 1 heterocycles. The van der Waals surface area contributed by atoms with Gasteiger partial charge < -0.3 is 5.32 Å². The third-order valence-electron chi connectivity index (χ3n) is 4.37. The Labute approximate surface area is 186 Å². The SMILES string of the molecule is CC(C)(C)c1ncc(NC(=O)c2ccc(Cl)c(S(=O)(=O)NCc3ccccc3)c2)cn1. The van der Waals surface area contributed by atoms with E-state index in [1.54, 1.807) is 12.1 Å². The van der Waals surface area contributed by atoms with Crippen LogP contribution < -0.4 is 10.0 Å². The lowest BCUT2D eigenvalue weighted by Crippen LogP contribution is -2.24. The van der Waals surface area contributed by atoms with Gasteiger partial charge in [-0.1, -0.05) is 62.7 Å². The van der Waals surface area contributed by atoms with Crippen LogP contribution in [0.25, 0.3) is 0 Å². The van der Waals surface area contributed by atoms with Crippen molar-refractivity contribution in [3.63, 3.8) is 0 Å². The first-order valence-corrected chi connectivity index (χ1v) is 11.4. The standard InChI is InChI=1S/C22H23ClN4O3S/c1-22(2,3)21-24-13-17(14-25-21)27-20(28)16-9-10-18(23)19(11-16)31(29,30)26-12-15-7-5-4-6-8-15/h4-11,13-14,26H,12H2,1-3H3,(H,27,28). The van der Waals surface area contributed by atoms with E-state index in [4.69, 9.17) is 11.6 Å². The zero-order valence-corrected chi connectivity index (χ0v) is 19.0. The average Bonchev–Trinajstić information content (AvgIpc) is 2.73. The number of anilines is 1. The Morgan fingerprint density at radius 2 is 1.68 bits per heavy atom. The normalized spacial score (nSPS) is 11.9. The van der Waals surface area contributed by atoms with Crippen molar-refractivity contribution < 1.29 is 13.2 Å². The molecule has 1 aromatic heterocycles. The highest BCUT2D eigenvalue weighted by Gasteiger charge is 2.21. The van der Waals surface area contributed by atoms with Crippen LogP contribution in [0, 0.1) is 0 Å². The molecular weight excluding hydrogens is 436 g/mol. The molecule has 0 atom stereocenters. The van der Waals surface area contributed by atoms with Crippen LogP contribution in [0.4, 0.5) is 5.69 Å². The van der Waals surface area contributed by atoms with E-state index in [9.17, 15) is 13.2 Å². The first kappa shape index (κ1) is 22.9. The summed E-state index contributed by atoms with van der Waals surface area (Å²) in [5.41, 5.74) is 1.13. The van der Waals surface area contributed by atoms with E-state index in [1.165, 1.54) is 30.6 Å². The van der Waals surface area contributed by atoms with Gasteiger partial charge in [-0.05, 0) is 23.8 Å². The summed E-state index contributed by atoms with van der Waals surface area (Å²) in [6.07, 6.45) is 3.03. The average molecular weight is 459 g/mol. The molecule has 9 heteroatoms. The van der Waals surface area contributed by atoms with Gasteiger partial charge >= 0.3 is 0 Å². The van der Waals surface area contributed by atoms with Crippen LogP contribution in [-0.4, -0.2) is 24.3 Å². The second-order valence-electron chi connectivity index (χ2n) is 7.95. The molecule has 162 valence electrons. The molecule has 3 aromatic rings. The van der Waals surface area contributed by atoms with Crippen molar-refractivity contribution in [1.82, 2.24) is 14.7 Å². The van der Waals surface area contributed by atoms with Gasteiger partial charge in [-0.3, -0.25) is 4.79 Å². The van der Waals surface area contributed by atoms with Gasteiger partial charge in [0.2, 0.25) is 10.0 Å². The number of amides is 1. The van der Waals surface area contributed by atoms with Crippen LogP contribution >= 0.6 is 11.6 Å². The molecule has 0 fully saturated rings. The minimum absolute atomic E-state index is 0.0231. The van der Waals surface area contributed by atoms with E-state index in [2.05, 4.69) is 20.0 Å². The van der Waals surface area contributed by atoms with Crippen LogP contribution in [0.15, 0.2) is 65.8 Å². The van der Waals surface area contributed by atoms with Crippen molar-refractivity contribution in [3.05, 3.63) is 82.9 Å². The maximum absolute atomic E-state index is 12.7. The molecule has 0 saturated heterocycles. The minimum Gasteiger partial charge on any atom is -0.319 e. The van der Waals surface area contributed by atoms with Crippen LogP contribution in [0.2, 0.25) is 5.02 Å². The Kier molecular flexibility index (Phi) is 6.74. The lowest BCUT2D eigenvalue weighted by atomic mass is 9.96. The second-order valence-corrected chi connectivity index (χ2v) is 10.1. The number of carbonyl (C=O) groups excluding carboxylic acids is 1. The first-order chi connectivity index (χ1) is 14.6. The lowest BCUT2D eigenvalue weighted by molar-refractivity contribution is 0.102. The van der Waals surface area contributed by atoms with Gasteiger partial charge in [-0.25, -0.2) is 23.1 Å². The lowest BCUT2D eigenvalue weighted by Gasteiger charge is -2.16. The number of aromatic nitrogens is 2. The number of benzene rings is 2. The number of rotatable bonds is 6. The maximum Gasteiger partial charge on any atom is 0.255 e. The van der Waals surface area contributed by atoms with Gasteiger partial charge in [-0.2, -0.15) is 0 Å². The number of sulfonamides is 1. The van der Waals surface area contributed by atoms with Gasteiger partial charge in [0.15, 0.2) is 0 Å². The zero-order chi connectivity index (χ0) is 22.6. The molecule has 0 aliphatic carbocycles. The van der Waals surface area contributed by atoms with E-state index in [0.29, 0.717) is 11.5 Å². The van der Waals surface area contributed by atoms with E-state index in [1.807, 2.05) is 39.0 Å². The highest BCUT2D eigenvalue weighted by atomic mass is 35.5. The van der Waals surface area contributed by atoms with Crippen molar-refractivity contribution in [2.45, 2.75) is 37.6 Å². The molecule has 7 nitrogen and oxygen atoms in total.